The Hall–Kier alpha value is -2.08. The Morgan fingerprint density at radius 1 is 1.25 bits per heavy atom. The van der Waals surface area contributed by atoms with Crippen LogP contribution in [-0.4, -0.2) is 45.0 Å². The molecule has 0 spiro atoms. The molecule has 1 aromatic carbocycles. The van der Waals surface area contributed by atoms with Gasteiger partial charge in [-0.05, 0) is 43.9 Å². The Bertz CT molecular complexity index is 735. The van der Waals surface area contributed by atoms with Gasteiger partial charge in [0.25, 0.3) is 5.91 Å². The number of amides is 1. The molecule has 126 valence electrons. The zero-order valence-electron chi connectivity index (χ0n) is 13.4. The normalized spacial score (nSPS) is 25.8. The highest BCUT2D eigenvalue weighted by molar-refractivity contribution is 6.31. The molecule has 3 heterocycles. The lowest BCUT2D eigenvalue weighted by Crippen LogP contribution is -2.47. The summed E-state index contributed by atoms with van der Waals surface area (Å²) in [5.74, 6) is 0.584. The van der Waals surface area contributed by atoms with Gasteiger partial charge in [-0.15, -0.1) is 5.10 Å². The fourth-order valence-corrected chi connectivity index (χ4v) is 4.27. The molecule has 0 radical (unpaired) electrons. The van der Waals surface area contributed by atoms with Crippen LogP contribution in [0.4, 0.5) is 0 Å². The molecule has 2 saturated heterocycles. The van der Waals surface area contributed by atoms with Gasteiger partial charge in [0.2, 0.25) is 0 Å². The van der Waals surface area contributed by atoms with Gasteiger partial charge in [-0.25, -0.2) is 4.68 Å². The Morgan fingerprint density at radius 3 is 2.62 bits per heavy atom. The molecule has 1 amide bonds. The molecular formula is C17H19ClN4O2. The molecule has 2 aliphatic heterocycles. The first-order valence-corrected chi connectivity index (χ1v) is 8.57. The average Bonchev–Trinajstić information content (AvgIpc) is 3.21. The first kappa shape index (κ1) is 15.4. The molecule has 7 heteroatoms. The van der Waals surface area contributed by atoms with Gasteiger partial charge >= 0.3 is 0 Å². The van der Waals surface area contributed by atoms with Crippen LogP contribution in [0.1, 0.15) is 42.1 Å². The number of benzene rings is 1. The minimum absolute atomic E-state index is 0.0129. The second-order valence-corrected chi connectivity index (χ2v) is 6.89. The van der Waals surface area contributed by atoms with E-state index in [1.807, 2.05) is 15.8 Å². The van der Waals surface area contributed by atoms with E-state index in [2.05, 4.69) is 10.3 Å². The van der Waals surface area contributed by atoms with E-state index in [4.69, 9.17) is 16.3 Å². The van der Waals surface area contributed by atoms with Crippen LogP contribution in [0.2, 0.25) is 5.02 Å². The van der Waals surface area contributed by atoms with Crippen LogP contribution in [-0.2, 0) is 0 Å². The molecule has 6 nitrogen and oxygen atoms in total. The van der Waals surface area contributed by atoms with Crippen LogP contribution in [0.5, 0.6) is 5.75 Å². The van der Waals surface area contributed by atoms with Gasteiger partial charge < -0.3 is 9.64 Å². The van der Waals surface area contributed by atoms with E-state index < -0.39 is 0 Å². The standard InChI is InChI=1S/C17H19ClN4O2/c1-24-16-5-2-11(18)8-15(16)17(23)22-12-3-4-13(22)10-14(9-12)21-7-6-19-20-21/h2,5-8,12-14H,3-4,9-10H2,1H3. The van der Waals surface area contributed by atoms with Crippen molar-refractivity contribution in [3.63, 3.8) is 0 Å². The van der Waals surface area contributed by atoms with Crippen molar-refractivity contribution in [2.75, 3.05) is 7.11 Å². The molecule has 0 aliphatic carbocycles. The number of carbonyl (C=O) groups excluding carboxylic acids is 1. The van der Waals surface area contributed by atoms with E-state index >= 15 is 0 Å². The van der Waals surface area contributed by atoms with E-state index in [0.29, 0.717) is 22.4 Å². The minimum Gasteiger partial charge on any atom is -0.496 e. The smallest absolute Gasteiger partial charge is 0.258 e. The third kappa shape index (κ3) is 2.55. The van der Waals surface area contributed by atoms with Gasteiger partial charge in [0.15, 0.2) is 0 Å². The van der Waals surface area contributed by atoms with Crippen LogP contribution in [0.25, 0.3) is 0 Å². The Morgan fingerprint density at radius 2 is 2.00 bits per heavy atom. The number of ether oxygens (including phenoxy) is 1. The van der Waals surface area contributed by atoms with E-state index in [1.165, 1.54) is 0 Å². The van der Waals surface area contributed by atoms with Crippen LogP contribution in [0.15, 0.2) is 30.6 Å². The Labute approximate surface area is 145 Å². The fourth-order valence-electron chi connectivity index (χ4n) is 4.09. The first-order chi connectivity index (χ1) is 11.7. The van der Waals surface area contributed by atoms with Crippen molar-refractivity contribution >= 4 is 17.5 Å². The number of fused-ring (bicyclic) bond motifs is 2. The number of aromatic nitrogens is 3. The van der Waals surface area contributed by atoms with Crippen molar-refractivity contribution < 1.29 is 9.53 Å². The number of piperidine rings is 1. The number of carbonyl (C=O) groups is 1. The van der Waals surface area contributed by atoms with Crippen LogP contribution >= 0.6 is 11.6 Å². The minimum atomic E-state index is 0.0129. The largest absolute Gasteiger partial charge is 0.496 e. The summed E-state index contributed by atoms with van der Waals surface area (Å²) in [7, 11) is 1.57. The van der Waals surface area contributed by atoms with E-state index in [9.17, 15) is 4.79 Å². The molecule has 2 aromatic rings. The predicted molar refractivity (Wildman–Crippen MR) is 89.3 cm³/mol. The van der Waals surface area contributed by atoms with Crippen molar-refractivity contribution in [3.8, 4) is 5.75 Å². The molecule has 2 unspecified atom stereocenters. The fraction of sp³-hybridized carbons (Fsp3) is 0.471. The maximum absolute atomic E-state index is 13.1. The molecule has 2 atom stereocenters. The lowest BCUT2D eigenvalue weighted by molar-refractivity contribution is 0.0519. The number of methoxy groups -OCH3 is 1. The third-order valence-corrected chi connectivity index (χ3v) is 5.38. The predicted octanol–water partition coefficient (Wildman–Crippen LogP) is 2.95. The van der Waals surface area contributed by atoms with E-state index in [0.717, 1.165) is 25.7 Å². The molecule has 2 bridgehead atoms. The Kier molecular flexibility index (Phi) is 3.92. The number of halogens is 1. The molecule has 24 heavy (non-hydrogen) atoms. The monoisotopic (exact) mass is 346 g/mol. The van der Waals surface area contributed by atoms with E-state index in [1.54, 1.807) is 31.5 Å². The molecule has 0 saturated carbocycles. The summed E-state index contributed by atoms with van der Waals surface area (Å²) in [6.07, 6.45) is 7.50. The molecule has 1 aromatic heterocycles. The summed E-state index contributed by atoms with van der Waals surface area (Å²) in [6, 6.07) is 5.96. The van der Waals surface area contributed by atoms with Crippen LogP contribution in [0, 0.1) is 0 Å². The highest BCUT2D eigenvalue weighted by Crippen LogP contribution is 2.42. The topological polar surface area (TPSA) is 60.2 Å². The average molecular weight is 347 g/mol. The quantitative estimate of drug-likeness (QED) is 0.857. The van der Waals surface area contributed by atoms with Crippen molar-refractivity contribution in [3.05, 3.63) is 41.2 Å². The van der Waals surface area contributed by atoms with Crippen molar-refractivity contribution in [1.82, 2.24) is 19.9 Å². The van der Waals surface area contributed by atoms with Gasteiger partial charge in [-0.3, -0.25) is 4.79 Å². The van der Waals surface area contributed by atoms with Crippen molar-refractivity contribution in [2.45, 2.75) is 43.8 Å². The number of rotatable bonds is 3. The highest BCUT2D eigenvalue weighted by Gasteiger charge is 2.44. The lowest BCUT2D eigenvalue weighted by Gasteiger charge is -2.39. The molecule has 4 rings (SSSR count). The second-order valence-electron chi connectivity index (χ2n) is 6.45. The van der Waals surface area contributed by atoms with Gasteiger partial charge in [0.1, 0.15) is 5.75 Å². The van der Waals surface area contributed by atoms with Gasteiger partial charge in [0.05, 0.1) is 24.9 Å². The van der Waals surface area contributed by atoms with E-state index in [-0.39, 0.29) is 18.0 Å². The zero-order chi connectivity index (χ0) is 16.7. The summed E-state index contributed by atoms with van der Waals surface area (Å²) in [4.78, 5) is 15.2. The van der Waals surface area contributed by atoms with Gasteiger partial charge in [0, 0.05) is 23.3 Å². The summed E-state index contributed by atoms with van der Waals surface area (Å²) >= 11 is 6.09. The van der Waals surface area contributed by atoms with Crippen molar-refractivity contribution in [2.24, 2.45) is 0 Å². The Balaban J connectivity index is 1.60. The zero-order valence-corrected chi connectivity index (χ0v) is 14.2. The maximum atomic E-state index is 13.1. The van der Waals surface area contributed by atoms with Crippen LogP contribution < -0.4 is 4.74 Å². The third-order valence-electron chi connectivity index (χ3n) is 5.15. The number of hydrogen-bond acceptors (Lipinski definition) is 4. The SMILES string of the molecule is COc1ccc(Cl)cc1C(=O)N1C2CCC1CC(n1ccnn1)C2. The summed E-state index contributed by atoms with van der Waals surface area (Å²) in [5, 5.41) is 8.58. The first-order valence-electron chi connectivity index (χ1n) is 8.19. The van der Waals surface area contributed by atoms with Crippen molar-refractivity contribution in [1.29, 1.82) is 0 Å². The summed E-state index contributed by atoms with van der Waals surface area (Å²) in [6.45, 7) is 0. The second kappa shape index (κ2) is 6.09. The summed E-state index contributed by atoms with van der Waals surface area (Å²) in [5.41, 5.74) is 0.543. The number of nitrogens with zero attached hydrogens (tertiary/aromatic N) is 4. The van der Waals surface area contributed by atoms with Gasteiger partial charge in [-0.1, -0.05) is 16.8 Å². The lowest BCUT2D eigenvalue weighted by atomic mass is 9.96. The highest BCUT2D eigenvalue weighted by atomic mass is 35.5. The number of hydrogen-bond donors (Lipinski definition) is 0. The van der Waals surface area contributed by atoms with Gasteiger partial charge in [-0.2, -0.15) is 0 Å². The molecule has 0 N–H and O–H groups in total. The molecule has 2 aliphatic rings. The molecule has 2 fully saturated rings. The van der Waals surface area contributed by atoms with Crippen LogP contribution in [0.3, 0.4) is 0 Å². The molecular weight excluding hydrogens is 328 g/mol. The maximum Gasteiger partial charge on any atom is 0.258 e. The summed E-state index contributed by atoms with van der Waals surface area (Å²) < 4.78 is 7.28.